The summed E-state index contributed by atoms with van der Waals surface area (Å²) < 4.78 is 14.8. The number of aliphatic hydroxyl groups is 1. The zero-order valence-corrected chi connectivity index (χ0v) is 32.4. The molecule has 1 unspecified atom stereocenters. The van der Waals surface area contributed by atoms with Gasteiger partial charge < -0.3 is 29.3 Å². The smallest absolute Gasteiger partial charge is 0.313 e. The van der Waals surface area contributed by atoms with Gasteiger partial charge in [0.1, 0.15) is 29.9 Å². The molecule has 13 nitrogen and oxygen atoms in total. The first-order valence-electron chi connectivity index (χ1n) is 18.6. The molecule has 4 heterocycles. The number of aliphatic hydroxyl groups excluding tert-OH is 1. The summed E-state index contributed by atoms with van der Waals surface area (Å²) >= 11 is 3.76. The number of hydrogen-bond donors (Lipinski definition) is 1. The third-order valence-electron chi connectivity index (χ3n) is 11.1. The Bertz CT molecular complexity index is 1860. The van der Waals surface area contributed by atoms with E-state index in [4.69, 9.17) is 9.47 Å². The standard InChI is InChI=1S/C40H49BrN6O7/c1-5-7-20-31(49)44(4)26(3)34(27-16-10-8-11-17-27)53-39(52)32-33-37(50)46(22-14-9-15-23-48)36(40(33)24-28(41)35(32)54-40)38(51)45(21-6-2)25-47-30-19-13-12-18-29(30)42-43-47/h5-6,8,10-13,16-19,26,28,32-36,48H,1-2,7,9,14-15,20-25H2,3-4H3/t26-,28?,32+,33-,34+,35+,36+,40-/m1/s1. The minimum absolute atomic E-state index is 0.0157. The quantitative estimate of drug-likeness (QED) is 0.0855. The van der Waals surface area contributed by atoms with Gasteiger partial charge in [-0.15, -0.1) is 18.3 Å². The molecule has 288 valence electrons. The Kier molecular flexibility index (Phi) is 12.3. The van der Waals surface area contributed by atoms with Crippen molar-refractivity contribution >= 4 is 50.7 Å². The SMILES string of the molecule is C=CCCC(=O)N(C)[C@H](C)[C@H](OC(=O)[C@@H]1[C@H]2O[C@@]3(CC2Br)[C@H](C(=O)N(CC=C)Cn2nnc4ccccc42)N(CCCCCO)C(=O)[C@@H]13)c1ccccc1. The predicted molar refractivity (Wildman–Crippen MR) is 205 cm³/mol. The minimum Gasteiger partial charge on any atom is -0.455 e. The average molecular weight is 806 g/mol. The molecule has 54 heavy (non-hydrogen) atoms. The van der Waals surface area contributed by atoms with E-state index in [-0.39, 0.29) is 55.3 Å². The number of unbranched alkanes of at least 4 members (excludes halogenated alkanes) is 2. The van der Waals surface area contributed by atoms with Gasteiger partial charge in [0, 0.05) is 38.0 Å². The van der Waals surface area contributed by atoms with Gasteiger partial charge in [0.25, 0.3) is 0 Å². The molecule has 0 saturated carbocycles. The molecule has 3 fully saturated rings. The maximum absolute atomic E-state index is 14.9. The number of fused-ring (bicyclic) bond motifs is 2. The van der Waals surface area contributed by atoms with E-state index >= 15 is 0 Å². The zero-order chi connectivity index (χ0) is 38.6. The van der Waals surface area contributed by atoms with E-state index in [2.05, 4.69) is 39.4 Å². The lowest BCUT2D eigenvalue weighted by atomic mass is 9.70. The van der Waals surface area contributed by atoms with E-state index in [0.717, 1.165) is 5.52 Å². The van der Waals surface area contributed by atoms with Crippen LogP contribution in [-0.4, -0.2) is 114 Å². The Labute approximate surface area is 324 Å². The second-order valence-electron chi connectivity index (χ2n) is 14.4. The van der Waals surface area contributed by atoms with Crippen LogP contribution in [0.1, 0.15) is 57.1 Å². The summed E-state index contributed by atoms with van der Waals surface area (Å²) in [6, 6.07) is 15.1. The number of likely N-dealkylation sites (N-methyl/N-ethyl adjacent to an activating group) is 1. The van der Waals surface area contributed by atoms with Crippen LogP contribution in [0.4, 0.5) is 0 Å². The predicted octanol–water partition coefficient (Wildman–Crippen LogP) is 4.41. The van der Waals surface area contributed by atoms with Crippen molar-refractivity contribution < 1.29 is 33.8 Å². The summed E-state index contributed by atoms with van der Waals surface area (Å²) in [5.74, 6) is -3.42. The molecule has 1 spiro atoms. The number of benzene rings is 2. The molecule has 3 aliphatic heterocycles. The number of amides is 3. The monoisotopic (exact) mass is 804 g/mol. The number of carbonyl (C=O) groups excluding carboxylic acids is 4. The third kappa shape index (κ3) is 7.35. The molecule has 2 aromatic carbocycles. The summed E-state index contributed by atoms with van der Waals surface area (Å²) in [7, 11) is 1.69. The van der Waals surface area contributed by atoms with Crippen molar-refractivity contribution in [2.24, 2.45) is 11.8 Å². The van der Waals surface area contributed by atoms with Crippen LogP contribution >= 0.6 is 15.9 Å². The van der Waals surface area contributed by atoms with Gasteiger partial charge in [0.2, 0.25) is 17.7 Å². The minimum atomic E-state index is -1.32. The Morgan fingerprint density at radius 1 is 1.11 bits per heavy atom. The van der Waals surface area contributed by atoms with E-state index in [9.17, 15) is 24.3 Å². The number of para-hydroxylation sites is 1. The summed E-state index contributed by atoms with van der Waals surface area (Å²) in [6.07, 6.45) is 4.59. The summed E-state index contributed by atoms with van der Waals surface area (Å²) in [5, 5.41) is 18.0. The molecule has 14 heteroatoms. The molecule has 8 atom stereocenters. The summed E-state index contributed by atoms with van der Waals surface area (Å²) in [4.78, 5) is 61.8. The Hall–Kier alpha value is -4.40. The second-order valence-corrected chi connectivity index (χ2v) is 15.6. The van der Waals surface area contributed by atoms with Crippen molar-refractivity contribution in [2.45, 2.75) is 86.8 Å². The first-order chi connectivity index (χ1) is 26.1. The Balaban J connectivity index is 1.33. The van der Waals surface area contributed by atoms with E-state index in [1.165, 1.54) is 0 Å². The van der Waals surface area contributed by atoms with Crippen LogP contribution in [0.15, 0.2) is 79.9 Å². The van der Waals surface area contributed by atoms with Crippen molar-refractivity contribution in [1.29, 1.82) is 0 Å². The maximum atomic E-state index is 14.9. The number of allylic oxidation sites excluding steroid dienone is 1. The van der Waals surface area contributed by atoms with Crippen molar-refractivity contribution in [2.75, 3.05) is 26.7 Å². The molecule has 2 bridgehead atoms. The molecule has 3 amide bonds. The molecule has 1 N–H and O–H groups in total. The largest absolute Gasteiger partial charge is 0.455 e. The number of rotatable bonds is 18. The number of hydrogen-bond acceptors (Lipinski definition) is 9. The van der Waals surface area contributed by atoms with Crippen LogP contribution in [0.25, 0.3) is 11.0 Å². The van der Waals surface area contributed by atoms with Crippen molar-refractivity contribution in [3.05, 3.63) is 85.5 Å². The van der Waals surface area contributed by atoms with Gasteiger partial charge in [-0.25, -0.2) is 4.68 Å². The molecule has 1 aromatic heterocycles. The number of ether oxygens (including phenoxy) is 2. The second kappa shape index (κ2) is 17.0. The van der Waals surface area contributed by atoms with Crippen LogP contribution in [0.5, 0.6) is 0 Å². The lowest BCUT2D eigenvalue weighted by molar-refractivity contribution is -0.164. The highest BCUT2D eigenvalue weighted by Gasteiger charge is 2.77. The van der Waals surface area contributed by atoms with Crippen LogP contribution in [-0.2, 0) is 35.3 Å². The number of aromatic nitrogens is 3. The molecule has 6 rings (SSSR count). The van der Waals surface area contributed by atoms with Crippen molar-refractivity contribution in [3.63, 3.8) is 0 Å². The molecule has 3 aromatic rings. The normalized spacial score (nSPS) is 25.3. The molecular weight excluding hydrogens is 756 g/mol. The Morgan fingerprint density at radius 2 is 1.85 bits per heavy atom. The average Bonchev–Trinajstić information content (AvgIpc) is 3.90. The molecule has 3 saturated heterocycles. The highest BCUT2D eigenvalue weighted by atomic mass is 79.9. The lowest BCUT2D eigenvalue weighted by Crippen LogP contribution is -2.57. The number of halogens is 1. The Morgan fingerprint density at radius 3 is 2.57 bits per heavy atom. The van der Waals surface area contributed by atoms with Gasteiger partial charge in [0.05, 0.1) is 29.5 Å². The first kappa shape index (κ1) is 39.3. The number of esters is 1. The summed E-state index contributed by atoms with van der Waals surface area (Å²) in [5.41, 5.74) is 0.812. The van der Waals surface area contributed by atoms with Gasteiger partial charge >= 0.3 is 5.97 Å². The van der Waals surface area contributed by atoms with E-state index in [1.807, 2.05) is 61.5 Å². The van der Waals surface area contributed by atoms with Crippen LogP contribution in [0.2, 0.25) is 0 Å². The molecule has 3 aliphatic rings. The molecule has 0 radical (unpaired) electrons. The number of nitrogens with zero attached hydrogens (tertiary/aromatic N) is 6. The van der Waals surface area contributed by atoms with E-state index in [1.54, 1.807) is 38.6 Å². The van der Waals surface area contributed by atoms with Crippen molar-refractivity contribution in [3.8, 4) is 0 Å². The van der Waals surface area contributed by atoms with Crippen molar-refractivity contribution in [1.82, 2.24) is 29.7 Å². The van der Waals surface area contributed by atoms with Crippen LogP contribution in [0, 0.1) is 11.8 Å². The van der Waals surface area contributed by atoms with Gasteiger partial charge in [-0.2, -0.15) is 0 Å². The lowest BCUT2D eigenvalue weighted by Gasteiger charge is -2.37. The van der Waals surface area contributed by atoms with Gasteiger partial charge in [-0.1, -0.05) is 75.8 Å². The first-order valence-corrected chi connectivity index (χ1v) is 19.5. The topological polar surface area (TPSA) is 147 Å². The fourth-order valence-corrected chi connectivity index (χ4v) is 9.29. The van der Waals surface area contributed by atoms with Crippen LogP contribution < -0.4 is 0 Å². The van der Waals surface area contributed by atoms with Crippen LogP contribution in [0.3, 0.4) is 0 Å². The highest BCUT2D eigenvalue weighted by molar-refractivity contribution is 9.09. The fraction of sp³-hybridized carbons (Fsp3) is 0.500. The zero-order valence-electron chi connectivity index (χ0n) is 30.8. The van der Waals surface area contributed by atoms with Gasteiger partial charge in [0.15, 0.2) is 0 Å². The highest BCUT2D eigenvalue weighted by Crippen LogP contribution is 2.60. The van der Waals surface area contributed by atoms with Gasteiger partial charge in [-0.05, 0) is 56.7 Å². The van der Waals surface area contributed by atoms with E-state index < -0.39 is 47.7 Å². The van der Waals surface area contributed by atoms with Gasteiger partial charge in [-0.3, -0.25) is 19.2 Å². The fourth-order valence-electron chi connectivity index (χ4n) is 8.34. The number of carbonyl (C=O) groups is 4. The van der Waals surface area contributed by atoms with E-state index in [0.29, 0.717) is 43.2 Å². The number of alkyl halides is 1. The maximum Gasteiger partial charge on any atom is 0.313 e. The summed E-state index contributed by atoms with van der Waals surface area (Å²) in [6.45, 7) is 9.93. The third-order valence-corrected chi connectivity index (χ3v) is 12.0. The molecule has 0 aliphatic carbocycles. The number of likely N-dealkylation sites (tertiary alicyclic amines) is 1. The molecular formula is C40H49BrN6O7.